The van der Waals surface area contributed by atoms with E-state index in [4.69, 9.17) is 16.0 Å². The highest BCUT2D eigenvalue weighted by Crippen LogP contribution is 2.25. The lowest BCUT2D eigenvalue weighted by atomic mass is 9.90. The van der Waals surface area contributed by atoms with Gasteiger partial charge in [-0.25, -0.2) is 0 Å². The van der Waals surface area contributed by atoms with Crippen LogP contribution in [0.15, 0.2) is 76.0 Å². The first-order valence-electron chi connectivity index (χ1n) is 10.1. The standard InChI is InChI=1S/C24H24ClNO3S/c25-21-8-4-5-9-23(21)30(28)17-20-10-11-22(29-20)24(27)26-14-12-19(13-15-26)16-18-6-2-1-3-7-18/h1-11,19H,12-17H2/t30-/m1/s1. The molecule has 1 atom stereocenters. The molecule has 1 amide bonds. The Labute approximate surface area is 184 Å². The normalized spacial score (nSPS) is 15.8. The number of furan rings is 1. The molecule has 156 valence electrons. The molecule has 2 aromatic carbocycles. The van der Waals surface area contributed by atoms with Gasteiger partial charge >= 0.3 is 0 Å². The zero-order chi connectivity index (χ0) is 20.9. The third-order valence-electron chi connectivity index (χ3n) is 5.50. The summed E-state index contributed by atoms with van der Waals surface area (Å²) in [5.41, 5.74) is 1.35. The van der Waals surface area contributed by atoms with Gasteiger partial charge in [0.25, 0.3) is 5.91 Å². The van der Waals surface area contributed by atoms with Gasteiger partial charge in [0.05, 0.1) is 26.5 Å². The van der Waals surface area contributed by atoms with Gasteiger partial charge in [-0.3, -0.25) is 9.00 Å². The minimum atomic E-state index is -1.33. The van der Waals surface area contributed by atoms with Gasteiger partial charge in [-0.05, 0) is 55.0 Å². The van der Waals surface area contributed by atoms with Crippen molar-refractivity contribution in [2.24, 2.45) is 5.92 Å². The zero-order valence-electron chi connectivity index (χ0n) is 16.6. The van der Waals surface area contributed by atoms with Gasteiger partial charge < -0.3 is 9.32 Å². The number of carbonyl (C=O) groups excluding carboxylic acids is 1. The van der Waals surface area contributed by atoms with E-state index in [1.54, 1.807) is 36.4 Å². The van der Waals surface area contributed by atoms with E-state index in [0.29, 0.717) is 27.4 Å². The van der Waals surface area contributed by atoms with Crippen molar-refractivity contribution in [1.82, 2.24) is 4.90 Å². The summed E-state index contributed by atoms with van der Waals surface area (Å²) in [6.45, 7) is 1.47. The second-order valence-electron chi connectivity index (χ2n) is 7.61. The van der Waals surface area contributed by atoms with Gasteiger partial charge in [-0.2, -0.15) is 0 Å². The molecule has 0 radical (unpaired) electrons. The van der Waals surface area contributed by atoms with E-state index in [1.807, 2.05) is 11.0 Å². The van der Waals surface area contributed by atoms with Crippen LogP contribution in [-0.2, 0) is 23.0 Å². The van der Waals surface area contributed by atoms with Crippen LogP contribution in [0.5, 0.6) is 0 Å². The molecule has 0 unspecified atom stereocenters. The Balaban J connectivity index is 1.32. The van der Waals surface area contributed by atoms with Crippen LogP contribution in [0.4, 0.5) is 0 Å². The largest absolute Gasteiger partial charge is 0.455 e. The van der Waals surface area contributed by atoms with E-state index >= 15 is 0 Å². The number of hydrogen-bond donors (Lipinski definition) is 0. The number of nitrogens with zero attached hydrogens (tertiary/aromatic N) is 1. The monoisotopic (exact) mass is 441 g/mol. The molecule has 0 aliphatic carbocycles. The van der Waals surface area contributed by atoms with Gasteiger partial charge in [0.1, 0.15) is 5.76 Å². The molecule has 1 fully saturated rings. The Kier molecular flexibility index (Phi) is 6.70. The molecule has 0 spiro atoms. The topological polar surface area (TPSA) is 50.5 Å². The molecular formula is C24H24ClNO3S. The molecule has 0 bridgehead atoms. The van der Waals surface area contributed by atoms with E-state index in [9.17, 15) is 9.00 Å². The molecule has 4 nitrogen and oxygen atoms in total. The number of piperidine rings is 1. The highest BCUT2D eigenvalue weighted by Gasteiger charge is 2.26. The maximum Gasteiger partial charge on any atom is 0.289 e. The van der Waals surface area contributed by atoms with Crippen molar-refractivity contribution >= 4 is 28.3 Å². The summed E-state index contributed by atoms with van der Waals surface area (Å²) in [5, 5.41) is 0.470. The molecule has 2 heterocycles. The third-order valence-corrected chi connectivity index (χ3v) is 7.33. The van der Waals surface area contributed by atoms with Crippen LogP contribution in [-0.4, -0.2) is 28.1 Å². The zero-order valence-corrected chi connectivity index (χ0v) is 18.2. The minimum absolute atomic E-state index is 0.0945. The summed E-state index contributed by atoms with van der Waals surface area (Å²) in [4.78, 5) is 15.3. The van der Waals surface area contributed by atoms with Crippen molar-refractivity contribution in [2.75, 3.05) is 13.1 Å². The van der Waals surface area contributed by atoms with E-state index in [1.165, 1.54) is 5.56 Å². The van der Waals surface area contributed by atoms with Gasteiger partial charge in [0, 0.05) is 13.1 Å². The lowest BCUT2D eigenvalue weighted by Crippen LogP contribution is -2.38. The molecule has 1 aliphatic heterocycles. The van der Waals surface area contributed by atoms with Crippen LogP contribution in [0, 0.1) is 5.92 Å². The lowest BCUT2D eigenvalue weighted by Gasteiger charge is -2.31. The second-order valence-corrected chi connectivity index (χ2v) is 9.44. The number of benzene rings is 2. The van der Waals surface area contributed by atoms with Crippen molar-refractivity contribution in [3.8, 4) is 0 Å². The van der Waals surface area contributed by atoms with Gasteiger partial charge in [-0.15, -0.1) is 0 Å². The van der Waals surface area contributed by atoms with Crippen LogP contribution in [0.1, 0.15) is 34.7 Å². The summed E-state index contributed by atoms with van der Waals surface area (Å²) in [6.07, 6.45) is 3.04. The van der Waals surface area contributed by atoms with Crippen LogP contribution >= 0.6 is 11.6 Å². The van der Waals surface area contributed by atoms with Gasteiger partial charge in [-0.1, -0.05) is 54.1 Å². The van der Waals surface area contributed by atoms with Crippen molar-refractivity contribution in [2.45, 2.75) is 29.9 Å². The summed E-state index contributed by atoms with van der Waals surface area (Å²) >= 11 is 6.12. The molecule has 1 saturated heterocycles. The molecule has 0 saturated carbocycles. The number of halogens is 1. The van der Waals surface area contributed by atoms with Gasteiger partial charge in [0.2, 0.25) is 0 Å². The Morgan fingerprint density at radius 1 is 1.00 bits per heavy atom. The maximum atomic E-state index is 12.8. The number of likely N-dealkylation sites (tertiary alicyclic amines) is 1. The average molecular weight is 442 g/mol. The first kappa shape index (κ1) is 20.9. The Morgan fingerprint density at radius 3 is 2.43 bits per heavy atom. The summed E-state index contributed by atoms with van der Waals surface area (Å²) < 4.78 is 18.3. The van der Waals surface area contributed by atoms with Crippen molar-refractivity contribution in [1.29, 1.82) is 0 Å². The van der Waals surface area contributed by atoms with Gasteiger partial charge in [0.15, 0.2) is 5.76 Å². The summed E-state index contributed by atoms with van der Waals surface area (Å²) in [7, 11) is -1.33. The van der Waals surface area contributed by atoms with E-state index in [2.05, 4.69) is 24.3 Å². The van der Waals surface area contributed by atoms with E-state index in [0.717, 1.165) is 32.4 Å². The number of rotatable bonds is 6. The summed E-state index contributed by atoms with van der Waals surface area (Å²) in [6, 6.07) is 21.0. The first-order chi connectivity index (χ1) is 14.6. The summed E-state index contributed by atoms with van der Waals surface area (Å²) in [5.74, 6) is 1.53. The molecule has 0 N–H and O–H groups in total. The maximum absolute atomic E-state index is 12.8. The predicted octanol–water partition coefficient (Wildman–Crippen LogP) is 5.34. The fourth-order valence-electron chi connectivity index (χ4n) is 3.85. The smallest absolute Gasteiger partial charge is 0.289 e. The van der Waals surface area contributed by atoms with Crippen molar-refractivity contribution < 1.29 is 13.4 Å². The predicted molar refractivity (Wildman–Crippen MR) is 119 cm³/mol. The van der Waals surface area contributed by atoms with Crippen molar-refractivity contribution in [3.05, 3.63) is 88.8 Å². The van der Waals surface area contributed by atoms with E-state index < -0.39 is 10.8 Å². The fraction of sp³-hybridized carbons (Fsp3) is 0.292. The number of amides is 1. The van der Waals surface area contributed by atoms with Crippen LogP contribution in [0.2, 0.25) is 5.02 Å². The molecule has 3 aromatic rings. The minimum Gasteiger partial charge on any atom is -0.455 e. The molecule has 30 heavy (non-hydrogen) atoms. The molecular weight excluding hydrogens is 418 g/mol. The fourth-order valence-corrected chi connectivity index (χ4v) is 5.33. The Morgan fingerprint density at radius 2 is 1.70 bits per heavy atom. The molecule has 6 heteroatoms. The molecule has 1 aromatic heterocycles. The average Bonchev–Trinajstić information content (AvgIpc) is 3.23. The quantitative estimate of drug-likeness (QED) is 0.519. The molecule has 4 rings (SSSR count). The van der Waals surface area contributed by atoms with Crippen LogP contribution in [0.25, 0.3) is 0 Å². The van der Waals surface area contributed by atoms with Crippen molar-refractivity contribution in [3.63, 3.8) is 0 Å². The first-order valence-corrected chi connectivity index (χ1v) is 11.8. The third kappa shape index (κ3) is 5.02. The number of hydrogen-bond acceptors (Lipinski definition) is 3. The Bertz CT molecular complexity index is 1030. The highest BCUT2D eigenvalue weighted by molar-refractivity contribution is 7.84. The van der Waals surface area contributed by atoms with Crippen LogP contribution in [0.3, 0.4) is 0 Å². The molecule has 1 aliphatic rings. The Hall–Kier alpha value is -2.37. The lowest BCUT2D eigenvalue weighted by molar-refractivity contribution is 0.0657. The second kappa shape index (κ2) is 9.63. The highest BCUT2D eigenvalue weighted by atomic mass is 35.5. The SMILES string of the molecule is O=C(c1ccc(C[S@@](=O)c2ccccc2Cl)o1)N1CCC(Cc2ccccc2)CC1. The van der Waals surface area contributed by atoms with Crippen LogP contribution < -0.4 is 0 Å². The number of carbonyl (C=O) groups is 1. The van der Waals surface area contributed by atoms with E-state index in [-0.39, 0.29) is 11.7 Å².